The van der Waals surface area contributed by atoms with Crippen molar-refractivity contribution in [2.75, 3.05) is 0 Å². The Kier molecular flexibility index (Phi) is 4.38. The lowest BCUT2D eigenvalue weighted by Crippen LogP contribution is -2.54. The Labute approximate surface area is 138 Å². The number of nitrogens with zero attached hydrogens (tertiary/aromatic N) is 1. The van der Waals surface area contributed by atoms with Crippen molar-refractivity contribution in [3.8, 4) is 0 Å². The van der Waals surface area contributed by atoms with Gasteiger partial charge in [0, 0.05) is 17.4 Å². The largest absolute Gasteiger partial charge is 0.439 e. The minimum Gasteiger partial charge on any atom is -0.439 e. The first-order valence-corrected chi connectivity index (χ1v) is 7.81. The predicted octanol–water partition coefficient (Wildman–Crippen LogP) is 3.78. The fourth-order valence-corrected chi connectivity index (χ4v) is 3.00. The molecule has 23 heavy (non-hydrogen) atoms. The highest BCUT2D eigenvalue weighted by Crippen LogP contribution is 2.41. The zero-order valence-corrected chi connectivity index (χ0v) is 14.6. The molecule has 0 aromatic heterocycles. The molecule has 0 aliphatic carbocycles. The lowest BCUT2D eigenvalue weighted by atomic mass is 9.88. The van der Waals surface area contributed by atoms with Gasteiger partial charge < -0.3 is 4.74 Å². The zero-order chi connectivity index (χ0) is 17.4. The molecule has 2 atom stereocenters. The van der Waals surface area contributed by atoms with Crippen LogP contribution >= 0.6 is 0 Å². The first-order chi connectivity index (χ1) is 10.6. The first kappa shape index (κ1) is 17.3. The van der Waals surface area contributed by atoms with E-state index in [0.717, 1.165) is 5.57 Å². The van der Waals surface area contributed by atoms with Crippen LogP contribution < -0.4 is 0 Å². The van der Waals surface area contributed by atoms with Gasteiger partial charge >= 0.3 is 5.97 Å². The Hall–Kier alpha value is -2.10. The Bertz CT molecular complexity index is 630. The number of esters is 1. The van der Waals surface area contributed by atoms with Gasteiger partial charge in [0.2, 0.25) is 0 Å². The summed E-state index contributed by atoms with van der Waals surface area (Å²) in [4.78, 5) is 27.3. The number of carbonyl (C=O) groups is 2. The fraction of sp³-hybridized carbons (Fsp3) is 0.474. The Balaban J connectivity index is 2.52. The van der Waals surface area contributed by atoms with E-state index in [4.69, 9.17) is 4.74 Å². The van der Waals surface area contributed by atoms with Gasteiger partial charge in [0.15, 0.2) is 6.23 Å². The number of carbonyl (C=O) groups excluding carboxylic acids is 2. The maximum absolute atomic E-state index is 13.1. The molecule has 1 aromatic carbocycles. The van der Waals surface area contributed by atoms with E-state index in [1.165, 1.54) is 0 Å². The van der Waals surface area contributed by atoms with E-state index >= 15 is 0 Å². The molecular formula is C19H25NO3. The average molecular weight is 315 g/mol. The number of benzene rings is 1. The van der Waals surface area contributed by atoms with E-state index in [9.17, 15) is 9.59 Å². The second kappa shape index (κ2) is 5.84. The molecule has 1 aromatic rings. The number of hydrogen-bond donors (Lipinski definition) is 0. The van der Waals surface area contributed by atoms with Crippen LogP contribution in [0.2, 0.25) is 0 Å². The molecule has 1 amide bonds. The summed E-state index contributed by atoms with van der Waals surface area (Å²) in [7, 11) is 0. The molecular weight excluding hydrogens is 290 g/mol. The Morgan fingerprint density at radius 2 is 1.87 bits per heavy atom. The van der Waals surface area contributed by atoms with Crippen molar-refractivity contribution in [2.45, 2.75) is 52.8 Å². The first-order valence-electron chi connectivity index (χ1n) is 7.81. The smallest absolute Gasteiger partial charge is 0.334 e. The highest BCUT2D eigenvalue weighted by molar-refractivity contribution is 5.99. The lowest BCUT2D eigenvalue weighted by Gasteiger charge is -2.38. The predicted molar refractivity (Wildman–Crippen MR) is 89.8 cm³/mol. The summed E-state index contributed by atoms with van der Waals surface area (Å²) in [5, 5.41) is 0. The molecule has 0 saturated carbocycles. The molecule has 0 bridgehead atoms. The molecule has 1 heterocycles. The third-order valence-corrected chi connectivity index (χ3v) is 4.05. The lowest BCUT2D eigenvalue weighted by molar-refractivity contribution is -0.148. The summed E-state index contributed by atoms with van der Waals surface area (Å²) in [5.41, 5.74) is -0.0261. The van der Waals surface area contributed by atoms with Crippen LogP contribution in [0, 0.1) is 5.41 Å². The molecule has 4 nitrogen and oxygen atoms in total. The Morgan fingerprint density at radius 1 is 1.30 bits per heavy atom. The molecule has 0 spiro atoms. The molecule has 1 aliphatic rings. The topological polar surface area (TPSA) is 46.6 Å². The van der Waals surface area contributed by atoms with Crippen LogP contribution in [-0.4, -0.2) is 28.5 Å². The van der Waals surface area contributed by atoms with Crippen molar-refractivity contribution in [2.24, 2.45) is 5.41 Å². The third kappa shape index (κ3) is 3.16. The van der Waals surface area contributed by atoms with E-state index in [1.54, 1.807) is 24.0 Å². The minimum atomic E-state index is -1.03. The zero-order valence-electron chi connectivity index (χ0n) is 14.6. The summed E-state index contributed by atoms with van der Waals surface area (Å²) in [5.74, 6) is -0.565. The molecule has 0 N–H and O–H groups in total. The van der Waals surface area contributed by atoms with Crippen LogP contribution in [-0.2, 0) is 9.53 Å². The molecule has 1 fully saturated rings. The molecule has 0 unspecified atom stereocenters. The number of amides is 1. The molecule has 1 aliphatic heterocycles. The summed E-state index contributed by atoms with van der Waals surface area (Å²) >= 11 is 0. The van der Waals surface area contributed by atoms with Gasteiger partial charge in [0.25, 0.3) is 5.91 Å². The van der Waals surface area contributed by atoms with Crippen LogP contribution in [0.1, 0.15) is 51.4 Å². The van der Waals surface area contributed by atoms with Crippen molar-refractivity contribution >= 4 is 11.9 Å². The van der Waals surface area contributed by atoms with Crippen molar-refractivity contribution < 1.29 is 14.3 Å². The third-order valence-electron chi connectivity index (χ3n) is 4.05. The van der Waals surface area contributed by atoms with Crippen LogP contribution in [0.3, 0.4) is 0 Å². The maximum Gasteiger partial charge on any atom is 0.334 e. The van der Waals surface area contributed by atoms with Gasteiger partial charge in [-0.1, -0.05) is 44.5 Å². The standard InChI is InChI=1S/C19H25NO3/c1-13(2)12-19(6)17(22)23-16(18(3,4)5)20(19)15(21)14-10-8-7-9-11-14/h7-11,16H,1,12H2,2-6H3/t16-,19+/m0/s1. The quantitative estimate of drug-likeness (QED) is 0.630. The molecule has 4 heteroatoms. The van der Waals surface area contributed by atoms with Crippen molar-refractivity contribution in [3.05, 3.63) is 48.0 Å². The monoisotopic (exact) mass is 315 g/mol. The number of cyclic esters (lactones) is 1. The van der Waals surface area contributed by atoms with Crippen molar-refractivity contribution in [1.82, 2.24) is 4.90 Å². The van der Waals surface area contributed by atoms with Gasteiger partial charge in [0.05, 0.1) is 0 Å². The summed E-state index contributed by atoms with van der Waals surface area (Å²) in [6, 6.07) is 9.00. The van der Waals surface area contributed by atoms with Crippen molar-refractivity contribution in [3.63, 3.8) is 0 Å². The van der Waals surface area contributed by atoms with Crippen LogP contribution in [0.25, 0.3) is 0 Å². The van der Waals surface area contributed by atoms with Gasteiger partial charge in [-0.25, -0.2) is 4.79 Å². The van der Waals surface area contributed by atoms with Crippen LogP contribution in [0.4, 0.5) is 0 Å². The van der Waals surface area contributed by atoms with Crippen molar-refractivity contribution in [1.29, 1.82) is 0 Å². The van der Waals surface area contributed by atoms with Gasteiger partial charge in [0.1, 0.15) is 5.54 Å². The van der Waals surface area contributed by atoms with E-state index in [2.05, 4.69) is 6.58 Å². The fourth-order valence-electron chi connectivity index (χ4n) is 3.00. The second-order valence-corrected chi connectivity index (χ2v) is 7.57. The van der Waals surface area contributed by atoms with Crippen LogP contribution in [0.15, 0.2) is 42.5 Å². The molecule has 1 saturated heterocycles. The van der Waals surface area contributed by atoms with E-state index in [0.29, 0.717) is 12.0 Å². The number of ether oxygens (including phenoxy) is 1. The second-order valence-electron chi connectivity index (χ2n) is 7.57. The van der Waals surface area contributed by atoms with E-state index in [-0.39, 0.29) is 17.3 Å². The molecule has 2 rings (SSSR count). The summed E-state index contributed by atoms with van der Waals surface area (Å²) in [6.45, 7) is 13.4. The summed E-state index contributed by atoms with van der Waals surface area (Å²) < 4.78 is 5.62. The van der Waals surface area contributed by atoms with E-state index < -0.39 is 11.8 Å². The molecule has 0 radical (unpaired) electrons. The van der Waals surface area contributed by atoms with Crippen LogP contribution in [0.5, 0.6) is 0 Å². The average Bonchev–Trinajstić information content (AvgIpc) is 2.70. The van der Waals surface area contributed by atoms with Gasteiger partial charge in [-0.05, 0) is 26.0 Å². The molecule has 124 valence electrons. The normalized spacial score (nSPS) is 24.5. The SMILES string of the molecule is C=C(C)C[C@]1(C)C(=O)O[C@@H](C(C)(C)C)N1C(=O)c1ccccc1. The number of rotatable bonds is 3. The van der Waals surface area contributed by atoms with Gasteiger partial charge in [-0.15, -0.1) is 6.58 Å². The van der Waals surface area contributed by atoms with E-state index in [1.807, 2.05) is 45.9 Å². The highest BCUT2D eigenvalue weighted by Gasteiger charge is 2.57. The minimum absolute atomic E-state index is 0.194. The number of hydrogen-bond acceptors (Lipinski definition) is 3. The Morgan fingerprint density at radius 3 is 2.35 bits per heavy atom. The summed E-state index contributed by atoms with van der Waals surface area (Å²) in [6.07, 6.45) is -0.219. The highest BCUT2D eigenvalue weighted by atomic mass is 16.6. The van der Waals surface area contributed by atoms with Gasteiger partial charge in [-0.3, -0.25) is 9.69 Å². The maximum atomic E-state index is 13.1. The van der Waals surface area contributed by atoms with Gasteiger partial charge in [-0.2, -0.15) is 0 Å².